The zero-order valence-corrected chi connectivity index (χ0v) is 20.0. The van der Waals surface area contributed by atoms with Crippen LogP contribution in [-0.2, 0) is 25.9 Å². The van der Waals surface area contributed by atoms with Crippen LogP contribution >= 0.6 is 11.3 Å². The molecule has 0 saturated heterocycles. The zero-order chi connectivity index (χ0) is 23.9. The van der Waals surface area contributed by atoms with Crippen molar-refractivity contribution in [3.05, 3.63) is 111 Å². The fraction of sp³-hybridized carbons (Fsp3) is 0.250. The van der Waals surface area contributed by atoms with E-state index in [-0.39, 0.29) is 23.7 Å². The van der Waals surface area contributed by atoms with Gasteiger partial charge in [0.1, 0.15) is 16.6 Å². The Bertz CT molecular complexity index is 1370. The van der Waals surface area contributed by atoms with Gasteiger partial charge in [-0.25, -0.2) is 13.6 Å². The van der Waals surface area contributed by atoms with Gasteiger partial charge in [-0.1, -0.05) is 24.3 Å². The molecule has 0 bridgehead atoms. The van der Waals surface area contributed by atoms with Crippen molar-refractivity contribution >= 4 is 17.4 Å². The van der Waals surface area contributed by atoms with Crippen molar-refractivity contribution in [2.45, 2.75) is 44.8 Å². The lowest BCUT2D eigenvalue weighted by Gasteiger charge is -2.31. The smallest absolute Gasteiger partial charge is 0.318 e. The largest absolute Gasteiger partial charge is 0.334 e. The minimum absolute atomic E-state index is 0.208. The standard InChI is InChI=1S/C28H25F2N3OS/c29-20-11-7-18(8-12-20)16-31-28(34)33-17-23-22-4-1-2-6-25(22)35-27(23)32-15-3-5-24(32)26(33)19-9-13-21(30)14-10-19/h3,5,7-15,26H,1-2,4,6,16-17H2,(H,31,34)/t26-/m1/s1. The predicted octanol–water partition coefficient (Wildman–Crippen LogP) is 6.51. The summed E-state index contributed by atoms with van der Waals surface area (Å²) in [7, 11) is 0. The number of urea groups is 1. The van der Waals surface area contributed by atoms with E-state index in [0.717, 1.165) is 36.1 Å². The van der Waals surface area contributed by atoms with Crippen molar-refractivity contribution in [1.29, 1.82) is 0 Å². The molecule has 2 aliphatic rings. The summed E-state index contributed by atoms with van der Waals surface area (Å²) in [5.41, 5.74) is 5.25. The Morgan fingerprint density at radius 1 is 0.943 bits per heavy atom. The number of rotatable bonds is 3. The lowest BCUT2D eigenvalue weighted by atomic mass is 9.95. The monoisotopic (exact) mass is 489 g/mol. The quantitative estimate of drug-likeness (QED) is 0.350. The molecule has 2 aromatic heterocycles. The SMILES string of the molecule is O=C(NCc1ccc(F)cc1)N1Cc2c(sc3c2CCCC3)-n2cccc2[C@H]1c1ccc(F)cc1. The Morgan fingerprint density at radius 3 is 2.43 bits per heavy atom. The van der Waals surface area contributed by atoms with Crippen LogP contribution in [-0.4, -0.2) is 15.5 Å². The van der Waals surface area contributed by atoms with Gasteiger partial charge < -0.3 is 14.8 Å². The summed E-state index contributed by atoms with van der Waals surface area (Å²) in [5.74, 6) is -0.613. The number of hydrogen-bond acceptors (Lipinski definition) is 2. The van der Waals surface area contributed by atoms with E-state index in [1.54, 1.807) is 24.3 Å². The van der Waals surface area contributed by atoms with Crippen LogP contribution in [0.4, 0.5) is 13.6 Å². The summed E-state index contributed by atoms with van der Waals surface area (Å²) < 4.78 is 29.3. The van der Waals surface area contributed by atoms with Crippen LogP contribution in [0.3, 0.4) is 0 Å². The second-order valence-corrected chi connectivity index (χ2v) is 10.2. The summed E-state index contributed by atoms with van der Waals surface area (Å²) in [4.78, 5) is 17.0. The summed E-state index contributed by atoms with van der Waals surface area (Å²) in [6.07, 6.45) is 6.54. The van der Waals surface area contributed by atoms with Gasteiger partial charge in [0, 0.05) is 23.2 Å². The molecule has 6 rings (SSSR count). The van der Waals surface area contributed by atoms with Gasteiger partial charge in [-0.2, -0.15) is 0 Å². The number of aromatic nitrogens is 1. The van der Waals surface area contributed by atoms with E-state index in [4.69, 9.17) is 0 Å². The molecule has 35 heavy (non-hydrogen) atoms. The fourth-order valence-corrected chi connectivity index (χ4v) is 6.67. The van der Waals surface area contributed by atoms with E-state index in [0.29, 0.717) is 13.1 Å². The van der Waals surface area contributed by atoms with Crippen LogP contribution in [0.1, 0.15) is 51.7 Å². The molecule has 7 heteroatoms. The van der Waals surface area contributed by atoms with Crippen LogP contribution in [0.5, 0.6) is 0 Å². The van der Waals surface area contributed by atoms with Crippen LogP contribution in [0.25, 0.3) is 5.00 Å². The molecule has 1 atom stereocenters. The highest BCUT2D eigenvalue weighted by atomic mass is 32.1. The molecule has 178 valence electrons. The molecule has 4 aromatic rings. The second kappa shape index (κ2) is 8.96. The van der Waals surface area contributed by atoms with Gasteiger partial charge >= 0.3 is 6.03 Å². The third-order valence-electron chi connectivity index (χ3n) is 6.98. The summed E-state index contributed by atoms with van der Waals surface area (Å²) in [5, 5.41) is 4.22. The maximum Gasteiger partial charge on any atom is 0.318 e. The van der Waals surface area contributed by atoms with Crippen LogP contribution in [0.2, 0.25) is 0 Å². The van der Waals surface area contributed by atoms with E-state index < -0.39 is 0 Å². The minimum atomic E-state index is -0.377. The number of halogens is 2. The Morgan fingerprint density at radius 2 is 1.66 bits per heavy atom. The molecule has 1 aliphatic carbocycles. The normalized spacial score (nSPS) is 16.7. The van der Waals surface area contributed by atoms with Crippen LogP contribution < -0.4 is 5.32 Å². The Labute approximate surface area is 206 Å². The highest BCUT2D eigenvalue weighted by molar-refractivity contribution is 7.15. The third kappa shape index (κ3) is 4.04. The van der Waals surface area contributed by atoms with Gasteiger partial charge in [0.2, 0.25) is 0 Å². The van der Waals surface area contributed by atoms with Gasteiger partial charge in [0.05, 0.1) is 18.3 Å². The average molecular weight is 490 g/mol. The number of hydrogen-bond donors (Lipinski definition) is 1. The molecule has 4 nitrogen and oxygen atoms in total. The number of thiophene rings is 1. The van der Waals surface area contributed by atoms with Gasteiger partial charge in [-0.15, -0.1) is 11.3 Å². The molecule has 0 fully saturated rings. The maximum atomic E-state index is 13.8. The van der Waals surface area contributed by atoms with Gasteiger partial charge in [0.15, 0.2) is 0 Å². The second-order valence-electron chi connectivity index (χ2n) is 9.16. The van der Waals surface area contributed by atoms with Crippen molar-refractivity contribution in [3.8, 4) is 5.00 Å². The first-order valence-electron chi connectivity index (χ1n) is 11.9. The van der Waals surface area contributed by atoms with E-state index in [9.17, 15) is 13.6 Å². The molecule has 1 N–H and O–H groups in total. The summed E-state index contributed by atoms with van der Waals surface area (Å²) in [6, 6.07) is 16.0. The first kappa shape index (κ1) is 22.0. The van der Waals surface area contributed by atoms with E-state index in [1.807, 2.05) is 28.4 Å². The molecule has 0 radical (unpaired) electrons. The van der Waals surface area contributed by atoms with Gasteiger partial charge in [-0.05, 0) is 78.8 Å². The number of benzene rings is 2. The molecule has 0 saturated carbocycles. The minimum Gasteiger partial charge on any atom is -0.334 e. The zero-order valence-electron chi connectivity index (χ0n) is 19.1. The van der Waals surface area contributed by atoms with E-state index in [2.05, 4.69) is 16.1 Å². The molecule has 1 aliphatic heterocycles. The van der Waals surface area contributed by atoms with Crippen molar-refractivity contribution in [3.63, 3.8) is 0 Å². The Kier molecular flexibility index (Phi) is 5.65. The molecule has 0 spiro atoms. The number of fused-ring (bicyclic) bond motifs is 5. The first-order valence-corrected chi connectivity index (χ1v) is 12.8. The van der Waals surface area contributed by atoms with Crippen LogP contribution in [0, 0.1) is 11.6 Å². The molecular formula is C28H25F2N3OS. The molecular weight excluding hydrogens is 464 g/mol. The third-order valence-corrected chi connectivity index (χ3v) is 8.32. The lowest BCUT2D eigenvalue weighted by Crippen LogP contribution is -2.41. The molecule has 2 amide bonds. The molecule has 3 heterocycles. The average Bonchev–Trinajstić information content (AvgIpc) is 3.46. The number of amides is 2. The lowest BCUT2D eigenvalue weighted by molar-refractivity contribution is 0.180. The Balaban J connectivity index is 1.42. The number of nitrogens with zero attached hydrogens (tertiary/aromatic N) is 2. The molecule has 2 aromatic carbocycles. The van der Waals surface area contributed by atoms with Crippen molar-refractivity contribution in [1.82, 2.24) is 14.8 Å². The predicted molar refractivity (Wildman–Crippen MR) is 133 cm³/mol. The van der Waals surface area contributed by atoms with E-state index in [1.165, 1.54) is 51.7 Å². The van der Waals surface area contributed by atoms with Crippen molar-refractivity contribution < 1.29 is 13.6 Å². The topological polar surface area (TPSA) is 37.3 Å². The fourth-order valence-electron chi connectivity index (χ4n) is 5.26. The van der Waals surface area contributed by atoms with Crippen molar-refractivity contribution in [2.24, 2.45) is 0 Å². The number of carbonyl (C=O) groups excluding carboxylic acids is 1. The van der Waals surface area contributed by atoms with Crippen molar-refractivity contribution in [2.75, 3.05) is 0 Å². The summed E-state index contributed by atoms with van der Waals surface area (Å²) >= 11 is 1.83. The Hall–Kier alpha value is -3.45. The first-order chi connectivity index (χ1) is 17.1. The molecule has 0 unspecified atom stereocenters. The van der Waals surface area contributed by atoms with Gasteiger partial charge in [-0.3, -0.25) is 0 Å². The number of nitrogens with one attached hydrogen (secondary N) is 1. The van der Waals surface area contributed by atoms with E-state index >= 15 is 0 Å². The highest BCUT2D eigenvalue weighted by Crippen LogP contribution is 2.44. The summed E-state index contributed by atoms with van der Waals surface area (Å²) in [6.45, 7) is 0.765. The van der Waals surface area contributed by atoms with Crippen LogP contribution in [0.15, 0.2) is 66.9 Å². The highest BCUT2D eigenvalue weighted by Gasteiger charge is 2.36. The van der Waals surface area contributed by atoms with Gasteiger partial charge in [0.25, 0.3) is 0 Å². The number of carbonyl (C=O) groups is 1. The number of aryl methyl sites for hydroxylation is 1. The maximum absolute atomic E-state index is 13.8.